The summed E-state index contributed by atoms with van der Waals surface area (Å²) in [4.78, 5) is 22.9. The van der Waals surface area contributed by atoms with Gasteiger partial charge in [0, 0.05) is 16.3 Å². The molecule has 0 aromatic heterocycles. The first kappa shape index (κ1) is 15.9. The quantitative estimate of drug-likeness (QED) is 0.808. The van der Waals surface area contributed by atoms with Crippen molar-refractivity contribution in [2.75, 3.05) is 5.32 Å². The standard InChI is InChI=1S/C16H16ClN3O2/c1-10(12-3-2-4-13(17)9-12)19-15(21)11-5-7-14(8-6-11)20-16(18)22/h2-10H,1H3,(H,19,21)(H3,18,20,22). The van der Waals surface area contributed by atoms with Crippen molar-refractivity contribution < 1.29 is 9.59 Å². The van der Waals surface area contributed by atoms with Crippen LogP contribution in [-0.4, -0.2) is 11.9 Å². The molecule has 2 aromatic carbocycles. The summed E-state index contributed by atoms with van der Waals surface area (Å²) in [6.45, 7) is 1.88. The number of halogens is 1. The summed E-state index contributed by atoms with van der Waals surface area (Å²) < 4.78 is 0. The topological polar surface area (TPSA) is 84.2 Å². The number of urea groups is 1. The molecule has 6 heteroatoms. The predicted octanol–water partition coefficient (Wildman–Crippen LogP) is 3.32. The van der Waals surface area contributed by atoms with Crippen molar-refractivity contribution in [2.45, 2.75) is 13.0 Å². The molecule has 2 rings (SSSR count). The normalized spacial score (nSPS) is 11.5. The van der Waals surface area contributed by atoms with E-state index in [9.17, 15) is 9.59 Å². The van der Waals surface area contributed by atoms with Crippen molar-refractivity contribution in [1.29, 1.82) is 0 Å². The molecule has 0 bridgehead atoms. The molecule has 4 N–H and O–H groups in total. The van der Waals surface area contributed by atoms with E-state index in [4.69, 9.17) is 17.3 Å². The van der Waals surface area contributed by atoms with E-state index in [1.165, 1.54) is 0 Å². The molecule has 3 amide bonds. The lowest BCUT2D eigenvalue weighted by Crippen LogP contribution is -2.26. The first-order valence-electron chi connectivity index (χ1n) is 6.68. The molecule has 0 heterocycles. The number of primary amides is 1. The summed E-state index contributed by atoms with van der Waals surface area (Å²) >= 11 is 5.94. The Kier molecular flexibility index (Phi) is 5.01. The summed E-state index contributed by atoms with van der Waals surface area (Å²) in [7, 11) is 0. The highest BCUT2D eigenvalue weighted by atomic mass is 35.5. The first-order valence-corrected chi connectivity index (χ1v) is 7.06. The molecule has 0 fully saturated rings. The Morgan fingerprint density at radius 3 is 2.41 bits per heavy atom. The van der Waals surface area contributed by atoms with Crippen LogP contribution in [0.1, 0.15) is 28.9 Å². The fourth-order valence-electron chi connectivity index (χ4n) is 1.99. The monoisotopic (exact) mass is 317 g/mol. The molecule has 0 spiro atoms. The second kappa shape index (κ2) is 6.95. The fourth-order valence-corrected chi connectivity index (χ4v) is 2.19. The number of amides is 3. The Bertz CT molecular complexity index is 686. The van der Waals surface area contributed by atoms with Gasteiger partial charge in [-0.3, -0.25) is 4.79 Å². The number of hydrogen-bond acceptors (Lipinski definition) is 2. The van der Waals surface area contributed by atoms with Gasteiger partial charge in [0.05, 0.1) is 6.04 Å². The van der Waals surface area contributed by atoms with Gasteiger partial charge in [0.1, 0.15) is 0 Å². The summed E-state index contributed by atoms with van der Waals surface area (Å²) in [6.07, 6.45) is 0. The zero-order valence-electron chi connectivity index (χ0n) is 12.0. The van der Waals surface area contributed by atoms with Crippen LogP contribution in [0.25, 0.3) is 0 Å². The van der Waals surface area contributed by atoms with Crippen LogP contribution < -0.4 is 16.4 Å². The predicted molar refractivity (Wildman–Crippen MR) is 87.0 cm³/mol. The molecule has 0 radical (unpaired) electrons. The number of carbonyl (C=O) groups is 2. The van der Waals surface area contributed by atoms with Gasteiger partial charge in [-0.25, -0.2) is 4.79 Å². The maximum Gasteiger partial charge on any atom is 0.316 e. The molecule has 0 saturated carbocycles. The van der Waals surface area contributed by atoms with E-state index in [1.807, 2.05) is 25.1 Å². The third kappa shape index (κ3) is 4.23. The Morgan fingerprint density at radius 2 is 1.82 bits per heavy atom. The van der Waals surface area contributed by atoms with Gasteiger partial charge in [-0.2, -0.15) is 0 Å². The van der Waals surface area contributed by atoms with Crippen LogP contribution in [0, 0.1) is 0 Å². The average Bonchev–Trinajstić information content (AvgIpc) is 2.47. The molecular formula is C16H16ClN3O2. The number of nitrogens with two attached hydrogens (primary N) is 1. The van der Waals surface area contributed by atoms with Gasteiger partial charge >= 0.3 is 6.03 Å². The molecular weight excluding hydrogens is 302 g/mol. The zero-order chi connectivity index (χ0) is 16.1. The number of hydrogen-bond donors (Lipinski definition) is 3. The molecule has 1 atom stereocenters. The van der Waals surface area contributed by atoms with Crippen molar-refractivity contribution in [3.8, 4) is 0 Å². The summed E-state index contributed by atoms with van der Waals surface area (Å²) in [6, 6.07) is 13.0. The number of nitrogens with one attached hydrogen (secondary N) is 2. The van der Waals surface area contributed by atoms with Crippen LogP contribution in [-0.2, 0) is 0 Å². The van der Waals surface area contributed by atoms with E-state index in [1.54, 1.807) is 30.3 Å². The van der Waals surface area contributed by atoms with Gasteiger partial charge in [-0.15, -0.1) is 0 Å². The Hall–Kier alpha value is -2.53. The maximum atomic E-state index is 12.2. The number of carbonyl (C=O) groups excluding carboxylic acids is 2. The molecule has 2 aromatic rings. The molecule has 5 nitrogen and oxygen atoms in total. The molecule has 0 aliphatic heterocycles. The van der Waals surface area contributed by atoms with Crippen molar-refractivity contribution in [3.05, 3.63) is 64.7 Å². The maximum absolute atomic E-state index is 12.2. The number of benzene rings is 2. The highest BCUT2D eigenvalue weighted by Gasteiger charge is 2.11. The van der Waals surface area contributed by atoms with Gasteiger partial charge in [-0.05, 0) is 48.9 Å². The molecule has 0 aliphatic rings. The van der Waals surface area contributed by atoms with Crippen LogP contribution in [0.5, 0.6) is 0 Å². The average molecular weight is 318 g/mol. The van der Waals surface area contributed by atoms with E-state index >= 15 is 0 Å². The van der Waals surface area contributed by atoms with Crippen LogP contribution in [0.3, 0.4) is 0 Å². The van der Waals surface area contributed by atoms with E-state index in [2.05, 4.69) is 10.6 Å². The van der Waals surface area contributed by atoms with Crippen molar-refractivity contribution in [2.24, 2.45) is 5.73 Å². The molecule has 1 unspecified atom stereocenters. The Morgan fingerprint density at radius 1 is 1.14 bits per heavy atom. The summed E-state index contributed by atoms with van der Waals surface area (Å²) in [5, 5.41) is 5.95. The van der Waals surface area contributed by atoms with E-state index in [0.717, 1.165) is 5.56 Å². The second-order valence-corrected chi connectivity index (χ2v) is 5.25. The lowest BCUT2D eigenvalue weighted by atomic mass is 10.1. The van der Waals surface area contributed by atoms with Crippen molar-refractivity contribution in [3.63, 3.8) is 0 Å². The Labute approximate surface area is 133 Å². The SMILES string of the molecule is CC(NC(=O)c1ccc(NC(N)=O)cc1)c1cccc(Cl)c1. The zero-order valence-corrected chi connectivity index (χ0v) is 12.7. The van der Waals surface area contributed by atoms with Gasteiger partial charge in [0.15, 0.2) is 0 Å². The molecule has 0 aliphatic carbocycles. The van der Waals surface area contributed by atoms with Crippen LogP contribution in [0.15, 0.2) is 48.5 Å². The van der Waals surface area contributed by atoms with Crippen molar-refractivity contribution >= 4 is 29.2 Å². The smallest absolute Gasteiger partial charge is 0.316 e. The lowest BCUT2D eigenvalue weighted by Gasteiger charge is -2.15. The minimum atomic E-state index is -0.646. The number of rotatable bonds is 4. The lowest BCUT2D eigenvalue weighted by molar-refractivity contribution is 0.0940. The summed E-state index contributed by atoms with van der Waals surface area (Å²) in [5.74, 6) is -0.210. The first-order chi connectivity index (χ1) is 10.5. The van der Waals surface area contributed by atoms with Gasteiger partial charge in [0.2, 0.25) is 0 Å². The Balaban J connectivity index is 2.04. The second-order valence-electron chi connectivity index (χ2n) is 4.82. The van der Waals surface area contributed by atoms with Crippen molar-refractivity contribution in [1.82, 2.24) is 5.32 Å². The molecule has 22 heavy (non-hydrogen) atoms. The van der Waals surface area contributed by atoms with E-state index in [0.29, 0.717) is 16.3 Å². The minimum absolute atomic E-state index is 0.172. The third-order valence-electron chi connectivity index (χ3n) is 3.11. The van der Waals surface area contributed by atoms with Crippen LogP contribution in [0.2, 0.25) is 5.02 Å². The van der Waals surface area contributed by atoms with Gasteiger partial charge in [0.25, 0.3) is 5.91 Å². The molecule has 114 valence electrons. The van der Waals surface area contributed by atoms with E-state index < -0.39 is 6.03 Å². The van der Waals surface area contributed by atoms with E-state index in [-0.39, 0.29) is 11.9 Å². The van der Waals surface area contributed by atoms with Gasteiger partial charge in [-0.1, -0.05) is 23.7 Å². The molecule has 0 saturated heterocycles. The minimum Gasteiger partial charge on any atom is -0.351 e. The van der Waals surface area contributed by atoms with Gasteiger partial charge < -0.3 is 16.4 Å². The third-order valence-corrected chi connectivity index (χ3v) is 3.35. The summed E-state index contributed by atoms with van der Waals surface area (Å²) in [5.41, 5.74) is 6.97. The van der Waals surface area contributed by atoms with Crippen LogP contribution >= 0.6 is 11.6 Å². The highest BCUT2D eigenvalue weighted by Crippen LogP contribution is 2.18. The van der Waals surface area contributed by atoms with Crippen LogP contribution in [0.4, 0.5) is 10.5 Å². The largest absolute Gasteiger partial charge is 0.351 e. The number of anilines is 1. The fraction of sp³-hybridized carbons (Fsp3) is 0.125. The highest BCUT2D eigenvalue weighted by molar-refractivity contribution is 6.30.